The van der Waals surface area contributed by atoms with Crippen LogP contribution < -0.4 is 0 Å². The van der Waals surface area contributed by atoms with Gasteiger partial charge >= 0.3 is 0 Å². The fraction of sp³-hybridized carbons (Fsp3) is 0.250. The maximum absolute atomic E-state index is 10.7. The Balaban J connectivity index is 3.14. The molecule has 0 radical (unpaired) electrons. The minimum absolute atomic E-state index is 0.190. The summed E-state index contributed by atoms with van der Waals surface area (Å²) in [4.78, 5) is 0.190. The Labute approximate surface area is 78.1 Å². The van der Waals surface area contributed by atoms with E-state index in [9.17, 15) is 4.21 Å². The van der Waals surface area contributed by atoms with Gasteiger partial charge in [0.05, 0.1) is 18.1 Å². The zero-order valence-corrected chi connectivity index (χ0v) is 7.62. The zero-order chi connectivity index (χ0) is 9.84. The number of aliphatic hydroxyl groups is 2. The first-order valence-corrected chi connectivity index (χ1v) is 4.73. The van der Waals surface area contributed by atoms with Crippen LogP contribution in [0.25, 0.3) is 0 Å². The highest BCUT2D eigenvalue weighted by atomic mass is 32.2. The summed E-state index contributed by atoms with van der Waals surface area (Å²) in [7, 11) is 0. The Hall–Kier alpha value is -0.750. The van der Waals surface area contributed by atoms with Crippen LogP contribution >= 0.6 is 0 Å². The lowest BCUT2D eigenvalue weighted by Crippen LogP contribution is -1.95. The number of rotatable bonds is 3. The Morgan fingerprint density at radius 2 is 1.54 bits per heavy atom. The van der Waals surface area contributed by atoms with E-state index in [4.69, 9.17) is 14.8 Å². The molecule has 1 aromatic carbocycles. The van der Waals surface area contributed by atoms with Gasteiger partial charge in [-0.1, -0.05) is 6.07 Å². The smallest absolute Gasteiger partial charge is 0.186 e. The van der Waals surface area contributed by atoms with E-state index >= 15 is 0 Å². The van der Waals surface area contributed by atoms with E-state index < -0.39 is 11.1 Å². The van der Waals surface area contributed by atoms with Crippen molar-refractivity contribution in [2.75, 3.05) is 0 Å². The molecule has 72 valence electrons. The summed E-state index contributed by atoms with van der Waals surface area (Å²) in [5.74, 6) is 0. The second-order valence-electron chi connectivity index (χ2n) is 2.55. The summed E-state index contributed by atoms with van der Waals surface area (Å²) in [5, 5.41) is 17.6. The first kappa shape index (κ1) is 10.3. The molecule has 1 atom stereocenters. The summed E-state index contributed by atoms with van der Waals surface area (Å²) in [5.41, 5.74) is 1.04. The molecule has 1 aromatic rings. The molecule has 0 spiro atoms. The van der Waals surface area contributed by atoms with E-state index in [0.29, 0.717) is 11.1 Å². The third kappa shape index (κ3) is 2.60. The Morgan fingerprint density at radius 1 is 1.08 bits per heavy atom. The highest BCUT2D eigenvalue weighted by Gasteiger charge is 2.04. The van der Waals surface area contributed by atoms with Gasteiger partial charge in [-0.05, 0) is 23.3 Å². The highest BCUT2D eigenvalue weighted by Crippen LogP contribution is 2.13. The monoisotopic (exact) mass is 202 g/mol. The second kappa shape index (κ2) is 4.48. The number of aliphatic hydroxyl groups excluding tert-OH is 2. The molecule has 0 saturated heterocycles. The van der Waals surface area contributed by atoms with Gasteiger partial charge in [-0.3, -0.25) is 0 Å². The van der Waals surface area contributed by atoms with E-state index in [1.54, 1.807) is 6.07 Å². The zero-order valence-electron chi connectivity index (χ0n) is 6.80. The molecule has 3 N–H and O–H groups in total. The van der Waals surface area contributed by atoms with E-state index in [1.807, 2.05) is 0 Å². The van der Waals surface area contributed by atoms with Crippen LogP contribution in [0.5, 0.6) is 0 Å². The standard InChI is InChI=1S/C8H10O4S/c9-4-6-1-7(5-10)3-8(2-6)13(11)12/h1-3,9-10H,4-5H2,(H,11,12). The van der Waals surface area contributed by atoms with Gasteiger partial charge < -0.3 is 14.8 Å². The van der Waals surface area contributed by atoms with E-state index in [1.165, 1.54) is 12.1 Å². The third-order valence-corrected chi connectivity index (χ3v) is 2.23. The molecule has 0 heterocycles. The van der Waals surface area contributed by atoms with Crippen molar-refractivity contribution in [2.24, 2.45) is 0 Å². The van der Waals surface area contributed by atoms with E-state index in [-0.39, 0.29) is 18.1 Å². The molecule has 0 fully saturated rings. The fourth-order valence-electron chi connectivity index (χ4n) is 1.01. The first-order valence-electron chi connectivity index (χ1n) is 3.62. The van der Waals surface area contributed by atoms with Crippen LogP contribution in [0.3, 0.4) is 0 Å². The Bertz CT molecular complexity index is 302. The van der Waals surface area contributed by atoms with E-state index in [0.717, 1.165) is 0 Å². The minimum Gasteiger partial charge on any atom is -0.392 e. The minimum atomic E-state index is -2.07. The topological polar surface area (TPSA) is 77.8 Å². The molecule has 0 aliphatic heterocycles. The summed E-state index contributed by atoms with van der Waals surface area (Å²) in [6, 6.07) is 4.43. The number of hydrogen-bond acceptors (Lipinski definition) is 3. The third-order valence-electron chi connectivity index (χ3n) is 1.59. The summed E-state index contributed by atoms with van der Waals surface area (Å²) in [6.07, 6.45) is 0. The molecule has 13 heavy (non-hydrogen) atoms. The molecule has 0 aliphatic rings. The van der Waals surface area contributed by atoms with Crippen LogP contribution in [0, 0.1) is 0 Å². The van der Waals surface area contributed by atoms with Crippen molar-refractivity contribution in [3.63, 3.8) is 0 Å². The Morgan fingerprint density at radius 3 is 1.85 bits per heavy atom. The van der Waals surface area contributed by atoms with Crippen LogP contribution in [-0.4, -0.2) is 19.0 Å². The lowest BCUT2D eigenvalue weighted by molar-refractivity contribution is 0.275. The van der Waals surface area contributed by atoms with Gasteiger partial charge in [0.1, 0.15) is 0 Å². The Kier molecular flexibility index (Phi) is 3.56. The maximum atomic E-state index is 10.7. The van der Waals surface area contributed by atoms with Crippen LogP contribution in [0.1, 0.15) is 11.1 Å². The quantitative estimate of drug-likeness (QED) is 0.614. The van der Waals surface area contributed by atoms with E-state index in [2.05, 4.69) is 0 Å². The largest absolute Gasteiger partial charge is 0.392 e. The van der Waals surface area contributed by atoms with Gasteiger partial charge in [-0.2, -0.15) is 0 Å². The molecular formula is C8H10O4S. The lowest BCUT2D eigenvalue weighted by atomic mass is 10.1. The van der Waals surface area contributed by atoms with Gasteiger partial charge in [0.15, 0.2) is 11.1 Å². The predicted octanol–water partition coefficient (Wildman–Crippen LogP) is 0.252. The molecule has 0 saturated carbocycles. The van der Waals surface area contributed by atoms with Crippen molar-refractivity contribution in [3.8, 4) is 0 Å². The molecular weight excluding hydrogens is 192 g/mol. The average molecular weight is 202 g/mol. The molecule has 4 nitrogen and oxygen atoms in total. The van der Waals surface area contributed by atoms with Crippen molar-refractivity contribution in [1.82, 2.24) is 0 Å². The first-order chi connectivity index (χ1) is 6.17. The fourth-order valence-corrected chi connectivity index (χ4v) is 1.52. The normalized spacial score (nSPS) is 12.8. The van der Waals surface area contributed by atoms with Gasteiger partial charge in [-0.15, -0.1) is 0 Å². The molecule has 5 heteroatoms. The summed E-state index contributed by atoms with van der Waals surface area (Å²) >= 11 is -2.07. The van der Waals surface area contributed by atoms with Gasteiger partial charge in [0, 0.05) is 0 Å². The summed E-state index contributed by atoms with van der Waals surface area (Å²) in [6.45, 7) is -0.421. The second-order valence-corrected chi connectivity index (χ2v) is 3.52. The van der Waals surface area contributed by atoms with Crippen molar-refractivity contribution >= 4 is 11.1 Å². The molecule has 0 aliphatic carbocycles. The maximum Gasteiger partial charge on any atom is 0.186 e. The summed E-state index contributed by atoms with van der Waals surface area (Å²) < 4.78 is 19.5. The van der Waals surface area contributed by atoms with Crippen LogP contribution in [0.4, 0.5) is 0 Å². The van der Waals surface area contributed by atoms with Crippen molar-refractivity contribution in [1.29, 1.82) is 0 Å². The molecule has 1 rings (SSSR count). The highest BCUT2D eigenvalue weighted by molar-refractivity contribution is 7.79. The predicted molar refractivity (Wildman–Crippen MR) is 47.3 cm³/mol. The number of hydrogen-bond donors (Lipinski definition) is 3. The number of benzene rings is 1. The molecule has 0 amide bonds. The molecule has 0 bridgehead atoms. The van der Waals surface area contributed by atoms with Gasteiger partial charge in [0.25, 0.3) is 0 Å². The van der Waals surface area contributed by atoms with Crippen LogP contribution in [0.2, 0.25) is 0 Å². The average Bonchev–Trinajstić information content (AvgIpc) is 2.16. The lowest BCUT2D eigenvalue weighted by Gasteiger charge is -2.03. The van der Waals surface area contributed by atoms with Crippen molar-refractivity contribution in [3.05, 3.63) is 29.3 Å². The van der Waals surface area contributed by atoms with Crippen LogP contribution in [0.15, 0.2) is 23.1 Å². The molecule has 0 aromatic heterocycles. The SMILES string of the molecule is O=S(O)c1cc(CO)cc(CO)c1. The van der Waals surface area contributed by atoms with Crippen molar-refractivity contribution in [2.45, 2.75) is 18.1 Å². The van der Waals surface area contributed by atoms with Gasteiger partial charge in [0.2, 0.25) is 0 Å². The molecule has 1 unspecified atom stereocenters. The van der Waals surface area contributed by atoms with Gasteiger partial charge in [-0.25, -0.2) is 4.21 Å². The van der Waals surface area contributed by atoms with Crippen LogP contribution in [-0.2, 0) is 24.3 Å². The van der Waals surface area contributed by atoms with Crippen molar-refractivity contribution < 1.29 is 19.0 Å².